The molecule has 92 valence electrons. The van der Waals surface area contributed by atoms with Gasteiger partial charge in [-0.2, -0.15) is 5.10 Å². The van der Waals surface area contributed by atoms with Crippen molar-refractivity contribution in [1.29, 1.82) is 0 Å². The average Bonchev–Trinajstić information content (AvgIpc) is 2.89. The quantitative estimate of drug-likeness (QED) is 0.331. The zero-order chi connectivity index (χ0) is 12.1. The van der Waals surface area contributed by atoms with Crippen LogP contribution >= 0.6 is 0 Å². The van der Waals surface area contributed by atoms with Crippen LogP contribution in [-0.2, 0) is 4.74 Å². The Morgan fingerprint density at radius 3 is 3.29 bits per heavy atom. The van der Waals surface area contributed by atoms with Gasteiger partial charge in [-0.05, 0) is 12.5 Å². The van der Waals surface area contributed by atoms with Crippen molar-refractivity contribution in [1.82, 2.24) is 10.2 Å². The minimum atomic E-state index is -0.0439. The number of nitrogens with zero attached hydrogens (tertiary/aromatic N) is 3. The first-order valence-corrected chi connectivity index (χ1v) is 5.31. The second kappa shape index (κ2) is 5.44. The van der Waals surface area contributed by atoms with Crippen molar-refractivity contribution in [2.24, 2.45) is 16.8 Å². The highest BCUT2D eigenvalue weighted by atomic mass is 16.5. The van der Waals surface area contributed by atoms with Gasteiger partial charge in [-0.15, -0.1) is 5.10 Å². The van der Waals surface area contributed by atoms with Gasteiger partial charge in [0.1, 0.15) is 0 Å². The predicted molar refractivity (Wildman–Crippen MR) is 59.0 cm³/mol. The first kappa shape index (κ1) is 11.6. The van der Waals surface area contributed by atoms with E-state index in [0.717, 1.165) is 13.0 Å². The Labute approximate surface area is 98.2 Å². The molecule has 1 fully saturated rings. The summed E-state index contributed by atoms with van der Waals surface area (Å²) in [5.41, 5.74) is 5.94. The number of aromatic nitrogens is 2. The van der Waals surface area contributed by atoms with Gasteiger partial charge in [-0.3, -0.25) is 0 Å². The molecule has 2 heterocycles. The Bertz CT molecular complexity index is 404. The van der Waals surface area contributed by atoms with Crippen molar-refractivity contribution in [3.05, 3.63) is 17.8 Å². The zero-order valence-corrected chi connectivity index (χ0v) is 9.24. The second-order valence-electron chi connectivity index (χ2n) is 3.78. The Hall–Kier alpha value is -1.89. The number of nitrogens with two attached hydrogens (primary N) is 1. The number of oxime groups is 1. The van der Waals surface area contributed by atoms with Crippen molar-refractivity contribution < 1.29 is 14.7 Å². The van der Waals surface area contributed by atoms with Gasteiger partial charge in [0.2, 0.25) is 5.88 Å². The fraction of sp³-hybridized carbons (Fsp3) is 0.500. The topological polar surface area (TPSA) is 103 Å². The molecule has 0 spiro atoms. The molecule has 0 saturated carbocycles. The van der Waals surface area contributed by atoms with E-state index in [0.29, 0.717) is 24.7 Å². The largest absolute Gasteiger partial charge is 0.476 e. The van der Waals surface area contributed by atoms with Crippen LogP contribution in [0, 0.1) is 5.92 Å². The fourth-order valence-corrected chi connectivity index (χ4v) is 1.59. The lowest BCUT2D eigenvalue weighted by atomic mass is 10.1. The van der Waals surface area contributed by atoms with Crippen molar-refractivity contribution in [2.45, 2.75) is 6.42 Å². The lowest BCUT2D eigenvalue weighted by Crippen LogP contribution is -2.18. The Kier molecular flexibility index (Phi) is 3.71. The van der Waals surface area contributed by atoms with Crippen molar-refractivity contribution in [3.63, 3.8) is 0 Å². The molecular formula is C10H14N4O3. The summed E-state index contributed by atoms with van der Waals surface area (Å²) in [5.74, 6) is 0.587. The van der Waals surface area contributed by atoms with Gasteiger partial charge in [0, 0.05) is 12.5 Å². The van der Waals surface area contributed by atoms with Gasteiger partial charge < -0.3 is 20.4 Å². The molecule has 17 heavy (non-hydrogen) atoms. The molecule has 0 aliphatic carbocycles. The molecule has 1 unspecified atom stereocenters. The summed E-state index contributed by atoms with van der Waals surface area (Å²) in [6.07, 6.45) is 2.43. The van der Waals surface area contributed by atoms with Gasteiger partial charge in [0.15, 0.2) is 5.84 Å². The monoisotopic (exact) mass is 238 g/mol. The lowest BCUT2D eigenvalue weighted by Gasteiger charge is -2.11. The maximum Gasteiger partial charge on any atom is 0.244 e. The number of ether oxygens (including phenoxy) is 2. The molecule has 1 aromatic heterocycles. The van der Waals surface area contributed by atoms with E-state index in [2.05, 4.69) is 15.4 Å². The van der Waals surface area contributed by atoms with Gasteiger partial charge in [0.25, 0.3) is 0 Å². The van der Waals surface area contributed by atoms with Gasteiger partial charge >= 0.3 is 0 Å². The van der Waals surface area contributed by atoms with E-state index in [1.807, 2.05) is 0 Å². The minimum Gasteiger partial charge on any atom is -0.476 e. The molecule has 1 aliphatic heterocycles. The Morgan fingerprint density at radius 1 is 1.71 bits per heavy atom. The second-order valence-corrected chi connectivity index (χ2v) is 3.78. The molecule has 0 amide bonds. The first-order chi connectivity index (χ1) is 8.31. The molecule has 2 rings (SSSR count). The highest BCUT2D eigenvalue weighted by Gasteiger charge is 2.18. The summed E-state index contributed by atoms with van der Waals surface area (Å²) in [7, 11) is 0. The van der Waals surface area contributed by atoms with Crippen molar-refractivity contribution in [3.8, 4) is 5.88 Å². The number of amidine groups is 1. The summed E-state index contributed by atoms with van der Waals surface area (Å²) in [6, 6.07) is 1.59. The van der Waals surface area contributed by atoms with E-state index in [4.69, 9.17) is 20.4 Å². The van der Waals surface area contributed by atoms with Crippen LogP contribution in [0.15, 0.2) is 17.4 Å². The van der Waals surface area contributed by atoms with E-state index < -0.39 is 0 Å². The van der Waals surface area contributed by atoms with Crippen LogP contribution in [0.5, 0.6) is 5.88 Å². The van der Waals surface area contributed by atoms with E-state index in [1.54, 1.807) is 6.07 Å². The van der Waals surface area contributed by atoms with Crippen LogP contribution in [0.1, 0.15) is 12.0 Å². The van der Waals surface area contributed by atoms with Crippen LogP contribution in [0.4, 0.5) is 0 Å². The summed E-state index contributed by atoms with van der Waals surface area (Å²) >= 11 is 0. The van der Waals surface area contributed by atoms with E-state index in [-0.39, 0.29) is 11.7 Å². The normalized spacial score (nSPS) is 20.5. The Morgan fingerprint density at radius 2 is 2.59 bits per heavy atom. The van der Waals surface area contributed by atoms with Crippen molar-refractivity contribution >= 4 is 5.84 Å². The highest BCUT2D eigenvalue weighted by molar-refractivity contribution is 5.98. The molecule has 1 aliphatic rings. The predicted octanol–water partition coefficient (Wildman–Crippen LogP) is -0.0136. The van der Waals surface area contributed by atoms with E-state index in [9.17, 15) is 0 Å². The maximum atomic E-state index is 8.63. The highest BCUT2D eigenvalue weighted by Crippen LogP contribution is 2.17. The lowest BCUT2D eigenvalue weighted by molar-refractivity contribution is 0.165. The number of rotatable bonds is 4. The third kappa shape index (κ3) is 2.82. The van der Waals surface area contributed by atoms with E-state index in [1.165, 1.54) is 6.20 Å². The van der Waals surface area contributed by atoms with Crippen LogP contribution in [0.3, 0.4) is 0 Å². The molecule has 1 atom stereocenters. The summed E-state index contributed by atoms with van der Waals surface area (Å²) in [4.78, 5) is 0. The van der Waals surface area contributed by atoms with Gasteiger partial charge in [-0.1, -0.05) is 5.16 Å². The average molecular weight is 238 g/mol. The number of hydrogen-bond donors (Lipinski definition) is 2. The molecule has 1 aromatic rings. The molecule has 7 nitrogen and oxygen atoms in total. The smallest absolute Gasteiger partial charge is 0.244 e. The third-order valence-corrected chi connectivity index (χ3v) is 2.55. The van der Waals surface area contributed by atoms with Crippen LogP contribution < -0.4 is 10.5 Å². The van der Waals surface area contributed by atoms with Crippen LogP contribution in [-0.4, -0.2) is 41.1 Å². The summed E-state index contributed by atoms with van der Waals surface area (Å²) < 4.78 is 10.8. The standard InChI is InChI=1S/C10H14N4O3/c11-9(14-15)8-1-3-12-13-10(8)17-6-7-2-4-16-5-7/h1,3,7,15H,2,4-6H2,(H2,11,14). The first-order valence-electron chi connectivity index (χ1n) is 5.31. The van der Waals surface area contributed by atoms with Crippen LogP contribution in [0.25, 0.3) is 0 Å². The molecule has 0 radical (unpaired) electrons. The van der Waals surface area contributed by atoms with Crippen molar-refractivity contribution in [2.75, 3.05) is 19.8 Å². The molecule has 7 heteroatoms. The molecule has 3 N–H and O–H groups in total. The SMILES string of the molecule is N/C(=N/O)c1ccnnc1OCC1CCOC1. The molecule has 0 bridgehead atoms. The van der Waals surface area contributed by atoms with Gasteiger partial charge in [-0.25, -0.2) is 0 Å². The summed E-state index contributed by atoms with van der Waals surface area (Å²) in [6.45, 7) is 1.95. The molecule has 1 saturated heterocycles. The third-order valence-electron chi connectivity index (χ3n) is 2.55. The van der Waals surface area contributed by atoms with E-state index >= 15 is 0 Å². The summed E-state index contributed by atoms with van der Waals surface area (Å²) in [5, 5.41) is 19.1. The molecule has 0 aromatic carbocycles. The Balaban J connectivity index is 2.04. The van der Waals surface area contributed by atoms with Crippen LogP contribution in [0.2, 0.25) is 0 Å². The number of hydrogen-bond acceptors (Lipinski definition) is 6. The maximum absolute atomic E-state index is 8.63. The molecular weight excluding hydrogens is 224 g/mol. The minimum absolute atomic E-state index is 0.0439. The zero-order valence-electron chi connectivity index (χ0n) is 9.24. The fourth-order valence-electron chi connectivity index (χ4n) is 1.59. The van der Waals surface area contributed by atoms with Gasteiger partial charge in [0.05, 0.1) is 25.0 Å².